The second-order valence-corrected chi connectivity index (χ2v) is 5.07. The Kier molecular flexibility index (Phi) is 5.21. The van der Waals surface area contributed by atoms with E-state index in [2.05, 4.69) is 9.88 Å². The van der Waals surface area contributed by atoms with Gasteiger partial charge in [0, 0.05) is 19.3 Å². The van der Waals surface area contributed by atoms with Gasteiger partial charge in [0.15, 0.2) is 5.82 Å². The molecule has 1 aromatic heterocycles. The molecule has 0 spiro atoms. The molecule has 0 aromatic carbocycles. The molecule has 0 bridgehead atoms. The SMILES string of the molecule is CCOC(=O)c1ccnc(N2CCCCCCC2)c1N. The number of hydrogen-bond donors (Lipinski definition) is 1. The number of hydrogen-bond acceptors (Lipinski definition) is 5. The van der Waals surface area contributed by atoms with Crippen molar-refractivity contribution in [3.63, 3.8) is 0 Å². The molecule has 1 aliphatic heterocycles. The number of pyridine rings is 1. The molecule has 1 aromatic rings. The zero-order chi connectivity index (χ0) is 14.4. The third-order valence-corrected chi connectivity index (χ3v) is 3.62. The van der Waals surface area contributed by atoms with E-state index in [1.54, 1.807) is 19.2 Å². The number of nitrogens with zero attached hydrogens (tertiary/aromatic N) is 2. The van der Waals surface area contributed by atoms with Gasteiger partial charge in [-0.2, -0.15) is 0 Å². The van der Waals surface area contributed by atoms with E-state index in [9.17, 15) is 4.79 Å². The predicted octanol–water partition coefficient (Wildman–Crippen LogP) is 2.61. The van der Waals surface area contributed by atoms with Gasteiger partial charge >= 0.3 is 5.97 Å². The predicted molar refractivity (Wildman–Crippen MR) is 79.9 cm³/mol. The number of carbonyl (C=O) groups excluding carboxylic acids is 1. The number of nitrogens with two attached hydrogens (primary N) is 1. The van der Waals surface area contributed by atoms with Crippen LogP contribution in [0.4, 0.5) is 11.5 Å². The highest BCUT2D eigenvalue weighted by Gasteiger charge is 2.19. The van der Waals surface area contributed by atoms with E-state index in [-0.39, 0.29) is 5.97 Å². The zero-order valence-electron chi connectivity index (χ0n) is 12.1. The molecule has 2 heterocycles. The highest BCUT2D eigenvalue weighted by atomic mass is 16.5. The van der Waals surface area contributed by atoms with Crippen molar-refractivity contribution in [3.05, 3.63) is 17.8 Å². The normalized spacial score (nSPS) is 16.4. The van der Waals surface area contributed by atoms with Crippen molar-refractivity contribution >= 4 is 17.5 Å². The van der Waals surface area contributed by atoms with Gasteiger partial charge in [0.2, 0.25) is 0 Å². The summed E-state index contributed by atoms with van der Waals surface area (Å²) in [4.78, 5) is 18.4. The Morgan fingerprint density at radius 3 is 2.60 bits per heavy atom. The number of nitrogen functional groups attached to an aromatic ring is 1. The summed E-state index contributed by atoms with van der Waals surface area (Å²) in [7, 11) is 0. The van der Waals surface area contributed by atoms with Crippen LogP contribution in [0, 0.1) is 0 Å². The average molecular weight is 277 g/mol. The summed E-state index contributed by atoms with van der Waals surface area (Å²) in [6, 6.07) is 1.63. The third kappa shape index (κ3) is 3.40. The van der Waals surface area contributed by atoms with Crippen molar-refractivity contribution in [2.45, 2.75) is 39.0 Å². The summed E-state index contributed by atoms with van der Waals surface area (Å²) in [5.74, 6) is 0.346. The maximum Gasteiger partial charge on any atom is 0.340 e. The Balaban J connectivity index is 2.22. The lowest BCUT2D eigenvalue weighted by Crippen LogP contribution is -2.29. The van der Waals surface area contributed by atoms with E-state index in [0.717, 1.165) is 31.7 Å². The summed E-state index contributed by atoms with van der Waals surface area (Å²) in [5, 5.41) is 0. The Labute approximate surface area is 120 Å². The van der Waals surface area contributed by atoms with E-state index in [4.69, 9.17) is 10.5 Å². The van der Waals surface area contributed by atoms with Crippen LogP contribution in [-0.2, 0) is 4.74 Å². The number of anilines is 2. The summed E-state index contributed by atoms with van der Waals surface area (Å²) in [5.41, 5.74) is 6.98. The first kappa shape index (κ1) is 14.6. The Bertz CT molecular complexity index is 454. The summed E-state index contributed by atoms with van der Waals surface area (Å²) >= 11 is 0. The molecule has 0 saturated carbocycles. The zero-order valence-corrected chi connectivity index (χ0v) is 12.1. The number of carbonyl (C=O) groups is 1. The van der Waals surface area contributed by atoms with Gasteiger partial charge in [-0.05, 0) is 25.8 Å². The minimum absolute atomic E-state index is 0.347. The lowest BCUT2D eigenvalue weighted by atomic mass is 10.1. The van der Waals surface area contributed by atoms with Crippen LogP contribution in [0.1, 0.15) is 49.4 Å². The number of ether oxygens (including phenoxy) is 1. The molecular weight excluding hydrogens is 254 g/mol. The molecule has 5 heteroatoms. The molecule has 20 heavy (non-hydrogen) atoms. The minimum Gasteiger partial charge on any atom is -0.462 e. The van der Waals surface area contributed by atoms with Crippen molar-refractivity contribution < 1.29 is 9.53 Å². The van der Waals surface area contributed by atoms with Crippen LogP contribution in [0.5, 0.6) is 0 Å². The lowest BCUT2D eigenvalue weighted by molar-refractivity contribution is 0.0527. The average Bonchev–Trinajstić information content (AvgIpc) is 2.39. The third-order valence-electron chi connectivity index (χ3n) is 3.62. The van der Waals surface area contributed by atoms with Gasteiger partial charge in [-0.3, -0.25) is 0 Å². The molecule has 5 nitrogen and oxygen atoms in total. The number of esters is 1. The highest BCUT2D eigenvalue weighted by Crippen LogP contribution is 2.26. The second-order valence-electron chi connectivity index (χ2n) is 5.07. The first-order valence-corrected chi connectivity index (χ1v) is 7.40. The molecule has 1 saturated heterocycles. The van der Waals surface area contributed by atoms with E-state index in [1.807, 2.05) is 0 Å². The fourth-order valence-electron chi connectivity index (χ4n) is 2.56. The van der Waals surface area contributed by atoms with Gasteiger partial charge in [0.25, 0.3) is 0 Å². The Morgan fingerprint density at radius 1 is 1.30 bits per heavy atom. The first-order valence-electron chi connectivity index (χ1n) is 7.40. The van der Waals surface area contributed by atoms with E-state index in [1.165, 1.54) is 19.3 Å². The van der Waals surface area contributed by atoms with Gasteiger partial charge in [0.1, 0.15) is 0 Å². The highest BCUT2D eigenvalue weighted by molar-refractivity contribution is 5.97. The monoisotopic (exact) mass is 277 g/mol. The first-order chi connectivity index (χ1) is 9.74. The Morgan fingerprint density at radius 2 is 1.95 bits per heavy atom. The van der Waals surface area contributed by atoms with E-state index in [0.29, 0.717) is 17.9 Å². The van der Waals surface area contributed by atoms with Crippen molar-refractivity contribution in [1.82, 2.24) is 4.98 Å². The van der Waals surface area contributed by atoms with Crippen molar-refractivity contribution in [2.24, 2.45) is 0 Å². The summed E-state index contributed by atoms with van der Waals surface area (Å²) < 4.78 is 5.03. The molecule has 1 fully saturated rings. The minimum atomic E-state index is -0.374. The molecule has 0 amide bonds. The maximum absolute atomic E-state index is 11.9. The van der Waals surface area contributed by atoms with Gasteiger partial charge in [-0.25, -0.2) is 9.78 Å². The molecule has 0 atom stereocenters. The van der Waals surface area contributed by atoms with Gasteiger partial charge in [-0.1, -0.05) is 19.3 Å². The van der Waals surface area contributed by atoms with Gasteiger partial charge in [-0.15, -0.1) is 0 Å². The second kappa shape index (κ2) is 7.12. The van der Waals surface area contributed by atoms with Crippen LogP contribution < -0.4 is 10.6 Å². The van der Waals surface area contributed by atoms with Gasteiger partial charge in [0.05, 0.1) is 17.9 Å². The van der Waals surface area contributed by atoms with Crippen molar-refractivity contribution in [2.75, 3.05) is 30.3 Å². The van der Waals surface area contributed by atoms with E-state index < -0.39 is 0 Å². The Hall–Kier alpha value is -1.78. The van der Waals surface area contributed by atoms with Crippen LogP contribution in [-0.4, -0.2) is 30.6 Å². The van der Waals surface area contributed by atoms with Crippen LogP contribution in [0.25, 0.3) is 0 Å². The van der Waals surface area contributed by atoms with Crippen LogP contribution in [0.2, 0.25) is 0 Å². The number of aromatic nitrogens is 1. The molecular formula is C15H23N3O2. The summed E-state index contributed by atoms with van der Waals surface area (Å²) in [6.45, 7) is 4.03. The quantitative estimate of drug-likeness (QED) is 0.860. The molecule has 0 radical (unpaired) electrons. The standard InChI is InChI=1S/C15H23N3O2/c1-2-20-15(19)12-8-9-17-14(13(12)16)18-10-6-4-3-5-7-11-18/h8-9H,2-7,10-11,16H2,1H3. The number of rotatable bonds is 3. The fourth-order valence-corrected chi connectivity index (χ4v) is 2.56. The smallest absolute Gasteiger partial charge is 0.340 e. The van der Waals surface area contributed by atoms with E-state index >= 15 is 0 Å². The molecule has 0 unspecified atom stereocenters. The van der Waals surface area contributed by atoms with Crippen LogP contribution in [0.3, 0.4) is 0 Å². The van der Waals surface area contributed by atoms with Crippen LogP contribution in [0.15, 0.2) is 12.3 Å². The largest absolute Gasteiger partial charge is 0.462 e. The summed E-state index contributed by atoms with van der Waals surface area (Å²) in [6.07, 6.45) is 7.72. The van der Waals surface area contributed by atoms with Crippen molar-refractivity contribution in [1.29, 1.82) is 0 Å². The molecule has 2 N–H and O–H groups in total. The van der Waals surface area contributed by atoms with Crippen LogP contribution >= 0.6 is 0 Å². The molecule has 1 aliphatic rings. The lowest BCUT2D eigenvalue weighted by Gasteiger charge is -2.27. The molecule has 0 aliphatic carbocycles. The molecule has 110 valence electrons. The van der Waals surface area contributed by atoms with Crippen molar-refractivity contribution in [3.8, 4) is 0 Å². The topological polar surface area (TPSA) is 68.5 Å². The van der Waals surface area contributed by atoms with Gasteiger partial charge < -0.3 is 15.4 Å². The maximum atomic E-state index is 11.9. The molecule has 2 rings (SSSR count). The fraction of sp³-hybridized carbons (Fsp3) is 0.600.